The van der Waals surface area contributed by atoms with Crippen molar-refractivity contribution < 1.29 is 8.42 Å². The number of hydrogen-bond donors (Lipinski definition) is 2. The molecule has 0 radical (unpaired) electrons. The molecule has 0 saturated heterocycles. The Kier molecular flexibility index (Phi) is 9.65. The molecule has 1 aliphatic carbocycles. The molecule has 0 amide bonds. The van der Waals surface area contributed by atoms with Crippen LogP contribution in [0, 0.1) is 0 Å². The molecule has 5 nitrogen and oxygen atoms in total. The Morgan fingerprint density at radius 1 is 1.17 bits per heavy atom. The van der Waals surface area contributed by atoms with Gasteiger partial charge in [0.25, 0.3) is 0 Å². The number of benzene rings is 1. The van der Waals surface area contributed by atoms with Gasteiger partial charge in [-0.1, -0.05) is 37.5 Å². The first-order valence-corrected chi connectivity index (χ1v) is 10.0. The average molecular weight is 465 g/mol. The van der Waals surface area contributed by atoms with E-state index in [4.69, 9.17) is 0 Å². The molecule has 1 saturated carbocycles. The van der Waals surface area contributed by atoms with Crippen LogP contribution in [0.3, 0.4) is 0 Å². The van der Waals surface area contributed by atoms with Gasteiger partial charge in [-0.25, -0.2) is 8.42 Å². The molecule has 0 spiro atoms. The molecule has 0 aliphatic heterocycles. The van der Waals surface area contributed by atoms with Crippen molar-refractivity contribution in [3.8, 4) is 0 Å². The third kappa shape index (κ3) is 6.96. The number of hydrogen-bond acceptors (Lipinski definition) is 3. The summed E-state index contributed by atoms with van der Waals surface area (Å²) in [4.78, 5) is 4.61. The molecule has 2 rings (SSSR count). The second-order valence-corrected chi connectivity index (χ2v) is 8.07. The minimum absolute atomic E-state index is 0. The Bertz CT molecular complexity index is 600. The van der Waals surface area contributed by atoms with Crippen molar-refractivity contribution in [2.75, 3.05) is 19.3 Å². The lowest BCUT2D eigenvalue weighted by Gasteiger charge is -2.24. The maximum absolute atomic E-state index is 12.2. The van der Waals surface area contributed by atoms with Crippen LogP contribution in [0.4, 0.5) is 0 Å². The summed E-state index contributed by atoms with van der Waals surface area (Å²) in [6.07, 6.45) is 6.78. The van der Waals surface area contributed by atoms with Crippen LogP contribution in [-0.2, 0) is 9.84 Å². The summed E-state index contributed by atoms with van der Waals surface area (Å²) in [6, 6.07) is 9.10. The average Bonchev–Trinajstić information content (AvgIpc) is 2.59. The SMILES string of the molecule is CN=C(NCCCS(=O)(=O)c1ccccc1)NC1CCCCC1.I. The third-order valence-corrected chi connectivity index (χ3v) is 5.97. The molecule has 1 fully saturated rings. The number of sulfone groups is 1. The quantitative estimate of drug-likeness (QED) is 0.293. The molecular weight excluding hydrogens is 437 g/mol. The van der Waals surface area contributed by atoms with E-state index in [1.807, 2.05) is 6.07 Å². The van der Waals surface area contributed by atoms with Gasteiger partial charge in [0.15, 0.2) is 15.8 Å². The van der Waals surface area contributed by atoms with Gasteiger partial charge in [0, 0.05) is 19.6 Å². The van der Waals surface area contributed by atoms with Crippen LogP contribution >= 0.6 is 24.0 Å². The zero-order valence-electron chi connectivity index (χ0n) is 14.2. The molecule has 1 aromatic carbocycles. The van der Waals surface area contributed by atoms with Crippen LogP contribution in [0.5, 0.6) is 0 Å². The van der Waals surface area contributed by atoms with Crippen LogP contribution in [0.1, 0.15) is 38.5 Å². The number of nitrogens with one attached hydrogen (secondary N) is 2. The maximum atomic E-state index is 12.2. The largest absolute Gasteiger partial charge is 0.356 e. The van der Waals surface area contributed by atoms with E-state index in [-0.39, 0.29) is 29.7 Å². The van der Waals surface area contributed by atoms with Gasteiger partial charge in [-0.3, -0.25) is 4.99 Å². The Labute approximate surface area is 162 Å². The summed E-state index contributed by atoms with van der Waals surface area (Å²) in [5.74, 6) is 0.916. The molecule has 0 aromatic heterocycles. The Morgan fingerprint density at radius 3 is 2.46 bits per heavy atom. The Morgan fingerprint density at radius 2 is 1.83 bits per heavy atom. The zero-order chi connectivity index (χ0) is 16.5. The first-order chi connectivity index (χ1) is 11.1. The highest BCUT2D eigenvalue weighted by Gasteiger charge is 2.15. The topological polar surface area (TPSA) is 70.6 Å². The lowest BCUT2D eigenvalue weighted by atomic mass is 9.96. The lowest BCUT2D eigenvalue weighted by molar-refractivity contribution is 0.410. The van der Waals surface area contributed by atoms with Gasteiger partial charge in [-0.05, 0) is 31.4 Å². The van der Waals surface area contributed by atoms with E-state index in [1.165, 1.54) is 32.1 Å². The lowest BCUT2D eigenvalue weighted by Crippen LogP contribution is -2.44. The van der Waals surface area contributed by atoms with Crippen LogP contribution < -0.4 is 10.6 Å². The number of aliphatic imine (C=N–C) groups is 1. The molecule has 0 atom stereocenters. The molecule has 1 aromatic rings. The second-order valence-electron chi connectivity index (χ2n) is 5.96. The van der Waals surface area contributed by atoms with E-state index in [1.54, 1.807) is 31.3 Å². The van der Waals surface area contributed by atoms with Crippen molar-refractivity contribution in [1.82, 2.24) is 10.6 Å². The van der Waals surface area contributed by atoms with Crippen molar-refractivity contribution in [3.63, 3.8) is 0 Å². The fourth-order valence-corrected chi connectivity index (χ4v) is 4.18. The molecule has 136 valence electrons. The van der Waals surface area contributed by atoms with Crippen molar-refractivity contribution in [2.24, 2.45) is 4.99 Å². The summed E-state index contributed by atoms with van der Waals surface area (Å²) in [7, 11) is -1.44. The highest BCUT2D eigenvalue weighted by atomic mass is 127. The fraction of sp³-hybridized carbons (Fsp3) is 0.588. The highest BCUT2D eigenvalue weighted by Crippen LogP contribution is 2.17. The molecule has 1 aliphatic rings. The van der Waals surface area contributed by atoms with Crippen molar-refractivity contribution >= 4 is 39.8 Å². The second kappa shape index (κ2) is 10.9. The highest BCUT2D eigenvalue weighted by molar-refractivity contribution is 14.0. The van der Waals surface area contributed by atoms with E-state index in [9.17, 15) is 8.42 Å². The van der Waals surface area contributed by atoms with Gasteiger partial charge < -0.3 is 10.6 Å². The van der Waals surface area contributed by atoms with E-state index >= 15 is 0 Å². The first-order valence-electron chi connectivity index (χ1n) is 8.37. The van der Waals surface area contributed by atoms with Gasteiger partial charge in [0.05, 0.1) is 10.6 Å². The predicted octanol–water partition coefficient (Wildman–Crippen LogP) is 2.97. The van der Waals surface area contributed by atoms with Gasteiger partial charge in [0.2, 0.25) is 0 Å². The number of guanidine groups is 1. The summed E-state index contributed by atoms with van der Waals surface area (Å²) < 4.78 is 24.4. The van der Waals surface area contributed by atoms with Crippen LogP contribution in [0.25, 0.3) is 0 Å². The maximum Gasteiger partial charge on any atom is 0.191 e. The number of halogens is 1. The Balaban J connectivity index is 0.00000288. The van der Waals surface area contributed by atoms with E-state index in [0.29, 0.717) is 23.9 Å². The van der Waals surface area contributed by atoms with Gasteiger partial charge >= 0.3 is 0 Å². The normalized spacial score (nSPS) is 16.3. The van der Waals surface area contributed by atoms with E-state index < -0.39 is 9.84 Å². The van der Waals surface area contributed by atoms with E-state index in [2.05, 4.69) is 15.6 Å². The zero-order valence-corrected chi connectivity index (χ0v) is 17.3. The first kappa shape index (κ1) is 21.2. The molecular formula is C17H28IN3O2S. The van der Waals surface area contributed by atoms with Crippen LogP contribution in [-0.4, -0.2) is 39.8 Å². The van der Waals surface area contributed by atoms with Crippen molar-refractivity contribution in [1.29, 1.82) is 0 Å². The van der Waals surface area contributed by atoms with Crippen LogP contribution in [0.2, 0.25) is 0 Å². The minimum Gasteiger partial charge on any atom is -0.356 e. The summed E-state index contributed by atoms with van der Waals surface area (Å²) >= 11 is 0. The summed E-state index contributed by atoms with van der Waals surface area (Å²) in [6.45, 7) is 0.596. The smallest absolute Gasteiger partial charge is 0.191 e. The minimum atomic E-state index is -3.19. The number of nitrogens with zero attached hydrogens (tertiary/aromatic N) is 1. The van der Waals surface area contributed by atoms with E-state index in [0.717, 1.165) is 5.96 Å². The van der Waals surface area contributed by atoms with Crippen molar-refractivity contribution in [3.05, 3.63) is 30.3 Å². The predicted molar refractivity (Wildman–Crippen MR) is 110 cm³/mol. The van der Waals surface area contributed by atoms with Crippen molar-refractivity contribution in [2.45, 2.75) is 49.5 Å². The molecule has 0 bridgehead atoms. The number of rotatable bonds is 6. The summed E-state index contributed by atoms with van der Waals surface area (Å²) in [5.41, 5.74) is 0. The molecule has 7 heteroatoms. The Hall–Kier alpha value is -0.830. The fourth-order valence-electron chi connectivity index (χ4n) is 2.85. The van der Waals surface area contributed by atoms with Crippen LogP contribution in [0.15, 0.2) is 40.2 Å². The monoisotopic (exact) mass is 465 g/mol. The van der Waals surface area contributed by atoms with Gasteiger partial charge in [-0.2, -0.15) is 0 Å². The van der Waals surface area contributed by atoms with Gasteiger partial charge in [0.1, 0.15) is 0 Å². The molecule has 2 N–H and O–H groups in total. The van der Waals surface area contributed by atoms with Gasteiger partial charge in [-0.15, -0.1) is 24.0 Å². The molecule has 24 heavy (non-hydrogen) atoms. The summed E-state index contributed by atoms with van der Waals surface area (Å²) in [5, 5.41) is 6.64. The molecule has 0 heterocycles. The standard InChI is InChI=1S/C17H27N3O2S.HI/c1-18-17(20-15-9-4-2-5-10-15)19-13-8-14-23(21,22)16-11-6-3-7-12-16;/h3,6-7,11-12,15H,2,4-5,8-10,13-14H2,1H3,(H2,18,19,20);1H. The third-order valence-electron chi connectivity index (χ3n) is 4.15. The molecule has 0 unspecified atom stereocenters.